The summed E-state index contributed by atoms with van der Waals surface area (Å²) >= 11 is 0. The van der Waals surface area contributed by atoms with Crippen molar-refractivity contribution in [3.05, 3.63) is 11.6 Å². The molecule has 0 spiro atoms. The minimum Gasteiger partial charge on any atom is -0.462 e. The van der Waals surface area contributed by atoms with Gasteiger partial charge in [-0.05, 0) is 19.3 Å². The van der Waals surface area contributed by atoms with Crippen molar-refractivity contribution in [2.45, 2.75) is 19.3 Å². The van der Waals surface area contributed by atoms with Gasteiger partial charge in [0.1, 0.15) is 17.7 Å². The van der Waals surface area contributed by atoms with Crippen LogP contribution in [-0.2, 0) is 9.53 Å². The summed E-state index contributed by atoms with van der Waals surface area (Å²) in [5.41, 5.74) is -0.268. The number of aliphatic hydroxyl groups excluding tert-OH is 1. The number of hydrogen-bond donors (Lipinski definition) is 1. The van der Waals surface area contributed by atoms with Gasteiger partial charge in [0.2, 0.25) is 0 Å². The van der Waals surface area contributed by atoms with Gasteiger partial charge in [0, 0.05) is 6.61 Å². The zero-order valence-electron chi connectivity index (χ0n) is 8.27. The van der Waals surface area contributed by atoms with Crippen LogP contribution in [0.1, 0.15) is 19.3 Å². The zero-order valence-corrected chi connectivity index (χ0v) is 8.27. The Morgan fingerprint density at radius 2 is 1.93 bits per heavy atom. The molecule has 0 aliphatic heterocycles. The maximum Gasteiger partial charge on any atom is 0.332 e. The van der Waals surface area contributed by atoms with Gasteiger partial charge < -0.3 is 9.84 Å². The molecular weight excluding hydrogens is 196 g/mol. The van der Waals surface area contributed by atoms with E-state index in [0.29, 0.717) is 12.8 Å². The highest BCUT2D eigenvalue weighted by molar-refractivity contribution is 5.84. The second kappa shape index (κ2) is 8.74. The summed E-state index contributed by atoms with van der Waals surface area (Å²) in [6.07, 6.45) is 2.98. The van der Waals surface area contributed by atoms with Crippen LogP contribution in [-0.4, -0.2) is 24.3 Å². The molecule has 0 fully saturated rings. The monoisotopic (exact) mass is 208 g/mol. The molecule has 1 N–H and O–H groups in total. The molecule has 0 unspecified atom stereocenters. The smallest absolute Gasteiger partial charge is 0.332 e. The summed E-state index contributed by atoms with van der Waals surface area (Å²) in [5.74, 6) is -0.683. The van der Waals surface area contributed by atoms with Crippen molar-refractivity contribution in [2.75, 3.05) is 13.2 Å². The molecule has 0 rings (SSSR count). The predicted octanol–water partition coefficient (Wildman–Crippen LogP) is 0.666. The van der Waals surface area contributed by atoms with Crippen LogP contribution in [0, 0.1) is 22.7 Å². The molecule has 0 aliphatic rings. The molecule has 0 amide bonds. The van der Waals surface area contributed by atoms with E-state index in [0.717, 1.165) is 12.5 Å². The number of carbonyl (C=O) groups is 1. The molecule has 0 aromatic carbocycles. The van der Waals surface area contributed by atoms with E-state index in [4.69, 9.17) is 20.4 Å². The van der Waals surface area contributed by atoms with Crippen LogP contribution in [0.4, 0.5) is 0 Å². The highest BCUT2D eigenvalue weighted by Gasteiger charge is 2.01. The van der Waals surface area contributed by atoms with Crippen LogP contribution >= 0.6 is 0 Å². The SMILES string of the molecule is N#CC(C#N)=CC(=O)OCCCCCO. The molecule has 5 heteroatoms. The second-order valence-electron chi connectivity index (χ2n) is 2.73. The van der Waals surface area contributed by atoms with E-state index in [2.05, 4.69) is 0 Å². The van der Waals surface area contributed by atoms with Crippen LogP contribution in [0.15, 0.2) is 11.6 Å². The molecule has 0 aromatic heterocycles. The summed E-state index contributed by atoms with van der Waals surface area (Å²) in [6, 6.07) is 3.12. The topological polar surface area (TPSA) is 94.1 Å². The first-order chi connectivity index (χ1) is 7.24. The molecule has 0 atom stereocenters. The second-order valence-corrected chi connectivity index (χ2v) is 2.73. The Morgan fingerprint density at radius 3 is 2.47 bits per heavy atom. The molecule has 0 aliphatic carbocycles. The maximum absolute atomic E-state index is 11.0. The van der Waals surface area contributed by atoms with Gasteiger partial charge in [0.25, 0.3) is 0 Å². The molecular formula is C10H12N2O3. The van der Waals surface area contributed by atoms with Gasteiger partial charge in [-0.3, -0.25) is 0 Å². The van der Waals surface area contributed by atoms with Gasteiger partial charge >= 0.3 is 5.97 Å². The van der Waals surface area contributed by atoms with E-state index in [9.17, 15) is 4.79 Å². The average Bonchev–Trinajstić information content (AvgIpc) is 2.25. The lowest BCUT2D eigenvalue weighted by Crippen LogP contribution is -2.03. The first-order valence-electron chi connectivity index (χ1n) is 4.54. The number of rotatable bonds is 6. The highest BCUT2D eigenvalue weighted by Crippen LogP contribution is 1.97. The van der Waals surface area contributed by atoms with Gasteiger partial charge in [-0.2, -0.15) is 10.5 Å². The third kappa shape index (κ3) is 7.24. The van der Waals surface area contributed by atoms with Crippen LogP contribution in [0.5, 0.6) is 0 Å². The van der Waals surface area contributed by atoms with Gasteiger partial charge in [-0.25, -0.2) is 4.79 Å². The minimum absolute atomic E-state index is 0.126. The Balaban J connectivity index is 3.73. The molecule has 5 nitrogen and oxygen atoms in total. The van der Waals surface area contributed by atoms with Crippen LogP contribution in [0.25, 0.3) is 0 Å². The summed E-state index contributed by atoms with van der Waals surface area (Å²) in [6.45, 7) is 0.361. The Bertz CT molecular complexity index is 294. The normalized spacial score (nSPS) is 8.47. The lowest BCUT2D eigenvalue weighted by Gasteiger charge is -2.00. The quantitative estimate of drug-likeness (QED) is 0.299. The first-order valence-corrected chi connectivity index (χ1v) is 4.54. The highest BCUT2D eigenvalue weighted by atomic mass is 16.5. The molecule has 0 saturated heterocycles. The van der Waals surface area contributed by atoms with Crippen molar-refractivity contribution in [3.63, 3.8) is 0 Å². The van der Waals surface area contributed by atoms with Crippen molar-refractivity contribution in [2.24, 2.45) is 0 Å². The third-order valence-corrected chi connectivity index (χ3v) is 1.55. The predicted molar refractivity (Wildman–Crippen MR) is 51.2 cm³/mol. The van der Waals surface area contributed by atoms with Crippen molar-refractivity contribution in [1.29, 1.82) is 10.5 Å². The van der Waals surface area contributed by atoms with E-state index in [-0.39, 0.29) is 18.8 Å². The van der Waals surface area contributed by atoms with E-state index >= 15 is 0 Å². The van der Waals surface area contributed by atoms with Gasteiger partial charge in [-0.1, -0.05) is 0 Å². The summed E-state index contributed by atoms with van der Waals surface area (Å²) in [5, 5.41) is 25.1. The fourth-order valence-corrected chi connectivity index (χ4v) is 0.812. The first kappa shape index (κ1) is 13.2. The number of ether oxygens (including phenoxy) is 1. The van der Waals surface area contributed by atoms with Crippen LogP contribution in [0.3, 0.4) is 0 Å². The molecule has 0 radical (unpaired) electrons. The largest absolute Gasteiger partial charge is 0.462 e. The fourth-order valence-electron chi connectivity index (χ4n) is 0.812. The maximum atomic E-state index is 11.0. The Labute approximate surface area is 88.2 Å². The summed E-state index contributed by atoms with van der Waals surface area (Å²) in [4.78, 5) is 11.0. The fraction of sp³-hybridized carbons (Fsp3) is 0.500. The molecule has 15 heavy (non-hydrogen) atoms. The number of allylic oxidation sites excluding steroid dienone is 1. The van der Waals surface area contributed by atoms with Crippen molar-refractivity contribution >= 4 is 5.97 Å². The Hall–Kier alpha value is -1.85. The number of hydrogen-bond acceptors (Lipinski definition) is 5. The Kier molecular flexibility index (Phi) is 7.66. The van der Waals surface area contributed by atoms with Crippen LogP contribution in [0.2, 0.25) is 0 Å². The lowest BCUT2D eigenvalue weighted by molar-refractivity contribution is -0.137. The van der Waals surface area contributed by atoms with Crippen molar-refractivity contribution in [3.8, 4) is 12.1 Å². The Morgan fingerprint density at radius 1 is 1.27 bits per heavy atom. The van der Waals surface area contributed by atoms with E-state index in [1.165, 1.54) is 0 Å². The standard InChI is InChI=1S/C10H12N2O3/c11-7-9(8-12)6-10(14)15-5-3-1-2-4-13/h6,13H,1-5H2. The summed E-state index contributed by atoms with van der Waals surface area (Å²) in [7, 11) is 0. The third-order valence-electron chi connectivity index (χ3n) is 1.55. The lowest BCUT2D eigenvalue weighted by atomic mass is 10.2. The number of unbranched alkanes of at least 4 members (excludes halogenated alkanes) is 2. The van der Waals surface area contributed by atoms with Gasteiger partial charge in [0.05, 0.1) is 12.7 Å². The van der Waals surface area contributed by atoms with Crippen molar-refractivity contribution < 1.29 is 14.6 Å². The minimum atomic E-state index is -0.683. The van der Waals surface area contributed by atoms with Crippen molar-refractivity contribution in [1.82, 2.24) is 0 Å². The van der Waals surface area contributed by atoms with E-state index in [1.54, 1.807) is 12.1 Å². The molecule has 0 aromatic rings. The number of aliphatic hydroxyl groups is 1. The number of carbonyl (C=O) groups excluding carboxylic acids is 1. The molecule has 0 bridgehead atoms. The van der Waals surface area contributed by atoms with Gasteiger partial charge in [-0.15, -0.1) is 0 Å². The van der Waals surface area contributed by atoms with Gasteiger partial charge in [0.15, 0.2) is 0 Å². The zero-order chi connectivity index (χ0) is 11.5. The van der Waals surface area contributed by atoms with Crippen LogP contribution < -0.4 is 0 Å². The number of nitriles is 2. The molecule has 0 heterocycles. The number of esters is 1. The van der Waals surface area contributed by atoms with E-state index < -0.39 is 5.97 Å². The summed E-state index contributed by atoms with van der Waals surface area (Å²) < 4.78 is 4.72. The van der Waals surface area contributed by atoms with E-state index in [1.807, 2.05) is 0 Å². The average molecular weight is 208 g/mol. The molecule has 0 saturated carbocycles. The molecule has 80 valence electrons. The number of nitrogens with zero attached hydrogens (tertiary/aromatic N) is 2.